The summed E-state index contributed by atoms with van der Waals surface area (Å²) in [6.45, 7) is 0.862. The molecule has 0 aliphatic rings. The number of ether oxygens (including phenoxy) is 1. The molecule has 0 spiro atoms. The van der Waals surface area contributed by atoms with Gasteiger partial charge in [0, 0.05) is 12.6 Å². The van der Waals surface area contributed by atoms with Gasteiger partial charge in [-0.15, -0.1) is 0 Å². The van der Waals surface area contributed by atoms with E-state index in [1.54, 1.807) is 7.11 Å². The van der Waals surface area contributed by atoms with Crippen LogP contribution in [0, 0.1) is 0 Å². The molecule has 0 aromatic heterocycles. The van der Waals surface area contributed by atoms with E-state index in [-0.39, 0.29) is 0 Å². The van der Waals surface area contributed by atoms with Crippen molar-refractivity contribution in [1.29, 1.82) is 0 Å². The molecule has 0 aliphatic carbocycles. The summed E-state index contributed by atoms with van der Waals surface area (Å²) < 4.78 is 5.12. The van der Waals surface area contributed by atoms with Gasteiger partial charge in [0.25, 0.3) is 0 Å². The van der Waals surface area contributed by atoms with Crippen molar-refractivity contribution in [2.45, 2.75) is 6.42 Å². The Hall–Kier alpha value is -2.16. The Labute approximate surface area is 108 Å². The lowest BCUT2D eigenvalue weighted by atomic mass is 10.1. The Morgan fingerprint density at radius 2 is 1.89 bits per heavy atom. The monoisotopic (exact) mass is 242 g/mol. The predicted octanol–water partition coefficient (Wildman–Crippen LogP) is 2.93. The van der Waals surface area contributed by atoms with Crippen molar-refractivity contribution in [3.8, 4) is 5.75 Å². The van der Waals surface area contributed by atoms with E-state index in [0.717, 1.165) is 24.4 Å². The third-order valence-electron chi connectivity index (χ3n) is 2.83. The third-order valence-corrected chi connectivity index (χ3v) is 2.83. The summed E-state index contributed by atoms with van der Waals surface area (Å²) in [7, 11) is 1.64. The second kappa shape index (κ2) is 5.96. The Balaban J connectivity index is 1.91. The van der Waals surface area contributed by atoms with Crippen LogP contribution in [0.3, 0.4) is 0 Å². The van der Waals surface area contributed by atoms with Crippen LogP contribution >= 0.6 is 0 Å². The molecule has 2 aromatic carbocycles. The molecule has 0 atom stereocenters. The van der Waals surface area contributed by atoms with Crippen LogP contribution in [0.5, 0.6) is 5.75 Å². The highest BCUT2D eigenvalue weighted by Gasteiger charge is 2.00. The van der Waals surface area contributed by atoms with Crippen molar-refractivity contribution >= 4 is 11.4 Å². The second-order valence-corrected chi connectivity index (χ2v) is 4.12. The number of nitrogen functional groups attached to an aromatic ring is 1. The highest BCUT2D eigenvalue weighted by molar-refractivity contribution is 5.68. The van der Waals surface area contributed by atoms with Crippen LogP contribution in [-0.4, -0.2) is 13.7 Å². The standard InChI is InChI=1S/C15H18N2O/c1-18-13-7-8-15(14(16)11-13)17-10-9-12-5-3-2-4-6-12/h2-8,11,17H,9-10,16H2,1H3. The van der Waals surface area contributed by atoms with Crippen molar-refractivity contribution in [2.75, 3.05) is 24.7 Å². The molecule has 0 heterocycles. The van der Waals surface area contributed by atoms with Crippen molar-refractivity contribution in [1.82, 2.24) is 0 Å². The quantitative estimate of drug-likeness (QED) is 0.792. The molecule has 94 valence electrons. The van der Waals surface area contributed by atoms with E-state index in [1.165, 1.54) is 5.56 Å². The zero-order valence-electron chi connectivity index (χ0n) is 10.5. The largest absolute Gasteiger partial charge is 0.497 e. The zero-order chi connectivity index (χ0) is 12.8. The van der Waals surface area contributed by atoms with Gasteiger partial charge >= 0.3 is 0 Å². The van der Waals surface area contributed by atoms with Gasteiger partial charge in [0.15, 0.2) is 0 Å². The molecular formula is C15H18N2O. The number of anilines is 2. The van der Waals surface area contributed by atoms with Gasteiger partial charge in [-0.05, 0) is 24.1 Å². The molecule has 0 aliphatic heterocycles. The molecule has 0 radical (unpaired) electrons. The first-order valence-corrected chi connectivity index (χ1v) is 6.01. The van der Waals surface area contributed by atoms with Crippen molar-refractivity contribution in [3.63, 3.8) is 0 Å². The maximum atomic E-state index is 5.93. The molecule has 0 fully saturated rings. The van der Waals surface area contributed by atoms with Crippen LogP contribution in [0.1, 0.15) is 5.56 Å². The normalized spacial score (nSPS) is 10.1. The summed E-state index contributed by atoms with van der Waals surface area (Å²) in [5, 5.41) is 3.33. The Morgan fingerprint density at radius 1 is 1.11 bits per heavy atom. The first-order chi connectivity index (χ1) is 8.79. The summed E-state index contributed by atoms with van der Waals surface area (Å²) in [6, 6.07) is 16.1. The summed E-state index contributed by atoms with van der Waals surface area (Å²) in [5.41, 5.74) is 8.91. The Kier molecular flexibility index (Phi) is 4.07. The lowest BCUT2D eigenvalue weighted by Crippen LogP contribution is -2.06. The lowest BCUT2D eigenvalue weighted by Gasteiger charge is -2.10. The average molecular weight is 242 g/mol. The van der Waals surface area contributed by atoms with Gasteiger partial charge in [-0.1, -0.05) is 30.3 Å². The number of nitrogens with two attached hydrogens (primary N) is 1. The van der Waals surface area contributed by atoms with Crippen LogP contribution in [0.25, 0.3) is 0 Å². The molecule has 0 amide bonds. The summed E-state index contributed by atoms with van der Waals surface area (Å²) in [6.07, 6.45) is 0.978. The molecule has 3 nitrogen and oxygen atoms in total. The number of rotatable bonds is 5. The number of methoxy groups -OCH3 is 1. The number of hydrogen-bond acceptors (Lipinski definition) is 3. The van der Waals surface area contributed by atoms with E-state index in [0.29, 0.717) is 5.69 Å². The minimum Gasteiger partial charge on any atom is -0.497 e. The van der Waals surface area contributed by atoms with Gasteiger partial charge in [-0.3, -0.25) is 0 Å². The van der Waals surface area contributed by atoms with E-state index >= 15 is 0 Å². The minimum absolute atomic E-state index is 0.711. The van der Waals surface area contributed by atoms with Crippen LogP contribution < -0.4 is 15.8 Å². The van der Waals surface area contributed by atoms with Gasteiger partial charge < -0.3 is 15.8 Å². The van der Waals surface area contributed by atoms with Gasteiger partial charge in [0.2, 0.25) is 0 Å². The van der Waals surface area contributed by atoms with E-state index in [2.05, 4.69) is 29.6 Å². The lowest BCUT2D eigenvalue weighted by molar-refractivity contribution is 0.415. The molecule has 0 saturated heterocycles. The molecular weight excluding hydrogens is 224 g/mol. The molecule has 0 saturated carbocycles. The van der Waals surface area contributed by atoms with Crippen LogP contribution in [0.2, 0.25) is 0 Å². The Morgan fingerprint density at radius 3 is 2.56 bits per heavy atom. The SMILES string of the molecule is COc1ccc(NCCc2ccccc2)c(N)c1. The molecule has 3 heteroatoms. The van der Waals surface area contributed by atoms with Gasteiger partial charge in [-0.25, -0.2) is 0 Å². The van der Waals surface area contributed by atoms with E-state index in [1.807, 2.05) is 24.3 Å². The number of hydrogen-bond donors (Lipinski definition) is 2. The zero-order valence-corrected chi connectivity index (χ0v) is 10.5. The predicted molar refractivity (Wildman–Crippen MR) is 76.0 cm³/mol. The highest BCUT2D eigenvalue weighted by atomic mass is 16.5. The Bertz CT molecular complexity index is 497. The fourth-order valence-corrected chi connectivity index (χ4v) is 1.81. The maximum Gasteiger partial charge on any atom is 0.121 e. The van der Waals surface area contributed by atoms with Gasteiger partial charge in [0.1, 0.15) is 5.75 Å². The van der Waals surface area contributed by atoms with Crippen LogP contribution in [0.15, 0.2) is 48.5 Å². The van der Waals surface area contributed by atoms with E-state index < -0.39 is 0 Å². The molecule has 0 unspecified atom stereocenters. The average Bonchev–Trinajstić information content (AvgIpc) is 2.42. The number of nitrogens with one attached hydrogen (secondary N) is 1. The summed E-state index contributed by atoms with van der Waals surface area (Å²) in [4.78, 5) is 0. The van der Waals surface area contributed by atoms with Crippen molar-refractivity contribution < 1.29 is 4.74 Å². The molecule has 18 heavy (non-hydrogen) atoms. The van der Waals surface area contributed by atoms with Crippen molar-refractivity contribution in [2.24, 2.45) is 0 Å². The first-order valence-electron chi connectivity index (χ1n) is 6.01. The van der Waals surface area contributed by atoms with E-state index in [9.17, 15) is 0 Å². The summed E-state index contributed by atoms with van der Waals surface area (Å²) in [5.74, 6) is 0.779. The van der Waals surface area contributed by atoms with Gasteiger partial charge in [0.05, 0.1) is 18.5 Å². The fourth-order valence-electron chi connectivity index (χ4n) is 1.81. The van der Waals surface area contributed by atoms with Gasteiger partial charge in [-0.2, -0.15) is 0 Å². The number of benzene rings is 2. The van der Waals surface area contributed by atoms with Crippen LogP contribution in [-0.2, 0) is 6.42 Å². The topological polar surface area (TPSA) is 47.3 Å². The van der Waals surface area contributed by atoms with Crippen molar-refractivity contribution in [3.05, 3.63) is 54.1 Å². The summed E-state index contributed by atoms with van der Waals surface area (Å²) >= 11 is 0. The molecule has 2 aromatic rings. The maximum absolute atomic E-state index is 5.93. The molecule has 2 rings (SSSR count). The minimum atomic E-state index is 0.711. The molecule has 0 bridgehead atoms. The second-order valence-electron chi connectivity index (χ2n) is 4.12. The smallest absolute Gasteiger partial charge is 0.121 e. The molecule has 3 N–H and O–H groups in total. The highest BCUT2D eigenvalue weighted by Crippen LogP contribution is 2.23. The van der Waals surface area contributed by atoms with E-state index in [4.69, 9.17) is 10.5 Å². The third kappa shape index (κ3) is 3.17. The fraction of sp³-hybridized carbons (Fsp3) is 0.200. The first kappa shape index (κ1) is 12.3. The van der Waals surface area contributed by atoms with Crippen LogP contribution in [0.4, 0.5) is 11.4 Å².